The highest BCUT2D eigenvalue weighted by molar-refractivity contribution is 7.18. The Bertz CT molecular complexity index is 1110. The molecule has 0 fully saturated rings. The molecular formula is C22H20N2O5S. The van der Waals surface area contributed by atoms with Crippen molar-refractivity contribution in [3.05, 3.63) is 64.7 Å². The van der Waals surface area contributed by atoms with Gasteiger partial charge in [-0.2, -0.15) is 0 Å². The van der Waals surface area contributed by atoms with Crippen LogP contribution in [0.15, 0.2) is 48.7 Å². The Labute approximate surface area is 177 Å². The lowest BCUT2D eigenvalue weighted by atomic mass is 10.1. The monoisotopic (exact) mass is 424 g/mol. The summed E-state index contributed by atoms with van der Waals surface area (Å²) in [5.41, 5.74) is 2.25. The average Bonchev–Trinajstić information content (AvgIpc) is 3.10. The van der Waals surface area contributed by atoms with Crippen molar-refractivity contribution >= 4 is 51.2 Å². The van der Waals surface area contributed by atoms with Gasteiger partial charge in [-0.1, -0.05) is 24.3 Å². The average molecular weight is 424 g/mol. The summed E-state index contributed by atoms with van der Waals surface area (Å²) in [5, 5.41) is 4.05. The molecule has 3 aromatic rings. The number of pyridine rings is 1. The smallest absolute Gasteiger partial charge is 0.348 e. The van der Waals surface area contributed by atoms with Gasteiger partial charge < -0.3 is 14.8 Å². The van der Waals surface area contributed by atoms with Crippen molar-refractivity contribution in [1.82, 2.24) is 4.98 Å². The molecule has 0 aliphatic heterocycles. The van der Waals surface area contributed by atoms with Crippen LogP contribution in [-0.4, -0.2) is 36.0 Å². The first-order valence-corrected chi connectivity index (χ1v) is 10.1. The highest BCUT2D eigenvalue weighted by Gasteiger charge is 2.16. The van der Waals surface area contributed by atoms with Crippen molar-refractivity contribution in [3.8, 4) is 0 Å². The molecule has 8 heteroatoms. The van der Waals surface area contributed by atoms with Crippen LogP contribution in [0.25, 0.3) is 17.0 Å². The Kier molecular flexibility index (Phi) is 6.92. The van der Waals surface area contributed by atoms with Crippen molar-refractivity contribution in [3.63, 3.8) is 0 Å². The first-order valence-electron chi connectivity index (χ1n) is 9.24. The number of fused-ring (bicyclic) bond motifs is 1. The number of ether oxygens (including phenoxy) is 2. The van der Waals surface area contributed by atoms with Crippen molar-refractivity contribution in [2.45, 2.75) is 13.8 Å². The Morgan fingerprint density at radius 1 is 1.17 bits per heavy atom. The molecule has 2 heterocycles. The zero-order valence-electron chi connectivity index (χ0n) is 16.5. The zero-order valence-corrected chi connectivity index (χ0v) is 17.3. The molecule has 0 saturated carbocycles. The highest BCUT2D eigenvalue weighted by atomic mass is 32.1. The molecule has 0 spiro atoms. The molecule has 3 rings (SSSR count). The number of amides is 1. The van der Waals surface area contributed by atoms with Crippen molar-refractivity contribution in [1.29, 1.82) is 0 Å². The van der Waals surface area contributed by atoms with Crippen molar-refractivity contribution in [2.24, 2.45) is 0 Å². The van der Waals surface area contributed by atoms with Gasteiger partial charge in [0.25, 0.3) is 5.91 Å². The molecule has 0 atom stereocenters. The lowest BCUT2D eigenvalue weighted by molar-refractivity contribution is -0.142. The fourth-order valence-corrected chi connectivity index (χ4v) is 3.70. The molecule has 0 saturated heterocycles. The topological polar surface area (TPSA) is 94.6 Å². The molecule has 0 bridgehead atoms. The van der Waals surface area contributed by atoms with E-state index in [1.807, 2.05) is 30.3 Å². The lowest BCUT2D eigenvalue weighted by Gasteiger charge is -2.03. The number of anilines is 1. The van der Waals surface area contributed by atoms with E-state index in [0.29, 0.717) is 15.4 Å². The Hall–Kier alpha value is -3.52. The van der Waals surface area contributed by atoms with E-state index in [-0.39, 0.29) is 6.61 Å². The minimum absolute atomic E-state index is 0.274. The second-order valence-corrected chi connectivity index (χ2v) is 7.31. The number of carbonyl (C=O) groups excluding carboxylic acids is 3. The first kappa shape index (κ1) is 21.2. The van der Waals surface area contributed by atoms with Gasteiger partial charge in [-0.25, -0.2) is 9.59 Å². The summed E-state index contributed by atoms with van der Waals surface area (Å²) < 4.78 is 9.96. The number of benzene rings is 1. The van der Waals surface area contributed by atoms with Gasteiger partial charge in [0, 0.05) is 23.2 Å². The van der Waals surface area contributed by atoms with E-state index in [2.05, 4.69) is 10.3 Å². The van der Waals surface area contributed by atoms with Gasteiger partial charge in [-0.05, 0) is 37.6 Å². The van der Waals surface area contributed by atoms with Crippen LogP contribution in [0, 0.1) is 6.92 Å². The summed E-state index contributed by atoms with van der Waals surface area (Å²) >= 11 is 1.11. The number of thiophene rings is 1. The fourth-order valence-electron chi connectivity index (χ4n) is 2.72. The zero-order chi connectivity index (χ0) is 21.5. The third kappa shape index (κ3) is 5.30. The van der Waals surface area contributed by atoms with Crippen LogP contribution >= 0.6 is 11.3 Å². The number of para-hydroxylation sites is 1. The third-order valence-electron chi connectivity index (χ3n) is 4.05. The number of esters is 2. The van der Waals surface area contributed by atoms with Gasteiger partial charge in [0.1, 0.15) is 4.88 Å². The van der Waals surface area contributed by atoms with Gasteiger partial charge in [0.05, 0.1) is 17.1 Å². The van der Waals surface area contributed by atoms with Gasteiger partial charge in [0.2, 0.25) is 0 Å². The van der Waals surface area contributed by atoms with Gasteiger partial charge >= 0.3 is 11.9 Å². The fraction of sp³-hybridized carbons (Fsp3) is 0.182. The lowest BCUT2D eigenvalue weighted by Crippen LogP contribution is -2.19. The Morgan fingerprint density at radius 2 is 1.97 bits per heavy atom. The van der Waals surface area contributed by atoms with Gasteiger partial charge in [0.15, 0.2) is 6.61 Å². The molecule has 0 aliphatic rings. The normalized spacial score (nSPS) is 10.9. The molecule has 0 aliphatic carbocycles. The van der Waals surface area contributed by atoms with Crippen LogP contribution in [0.2, 0.25) is 0 Å². The van der Waals surface area contributed by atoms with E-state index in [9.17, 15) is 14.4 Å². The van der Waals surface area contributed by atoms with Crippen LogP contribution < -0.4 is 5.32 Å². The molecule has 1 amide bonds. The van der Waals surface area contributed by atoms with Crippen LogP contribution in [0.4, 0.5) is 5.00 Å². The van der Waals surface area contributed by atoms with Crippen LogP contribution in [0.5, 0.6) is 0 Å². The maximum atomic E-state index is 12.1. The molecule has 1 aromatic carbocycles. The number of carbonyl (C=O) groups is 3. The number of nitrogens with one attached hydrogen (secondary N) is 1. The van der Waals surface area contributed by atoms with E-state index in [4.69, 9.17) is 9.47 Å². The van der Waals surface area contributed by atoms with Crippen LogP contribution in [-0.2, 0) is 19.1 Å². The van der Waals surface area contributed by atoms with E-state index < -0.39 is 24.5 Å². The SMILES string of the molecule is CCOC(=O)c1sc(NC(=O)COC(=O)/C=C/c2cccc3cccnc23)cc1C. The molecule has 1 N–H and O–H groups in total. The second kappa shape index (κ2) is 9.80. The maximum Gasteiger partial charge on any atom is 0.348 e. The summed E-state index contributed by atoms with van der Waals surface area (Å²) in [7, 11) is 0. The van der Waals surface area contributed by atoms with Crippen LogP contribution in [0.3, 0.4) is 0 Å². The Balaban J connectivity index is 1.55. The Morgan fingerprint density at radius 3 is 2.77 bits per heavy atom. The van der Waals surface area contributed by atoms with E-state index in [1.54, 1.807) is 32.2 Å². The van der Waals surface area contributed by atoms with E-state index in [0.717, 1.165) is 27.8 Å². The molecule has 0 radical (unpaired) electrons. The minimum Gasteiger partial charge on any atom is -0.462 e. The van der Waals surface area contributed by atoms with Crippen LogP contribution in [0.1, 0.15) is 27.7 Å². The molecule has 30 heavy (non-hydrogen) atoms. The molecule has 154 valence electrons. The molecule has 2 aromatic heterocycles. The predicted molar refractivity (Wildman–Crippen MR) is 115 cm³/mol. The minimum atomic E-state index is -0.646. The van der Waals surface area contributed by atoms with E-state index >= 15 is 0 Å². The standard InChI is InChI=1S/C22H20N2O5S/c1-3-28-22(27)21-14(2)12-18(30-21)24-17(25)13-29-19(26)10-9-16-7-4-6-15-8-5-11-23-20(15)16/h4-12H,3,13H2,1-2H3,(H,24,25)/b10-9+. The predicted octanol–water partition coefficient (Wildman–Crippen LogP) is 3.98. The van der Waals surface area contributed by atoms with Crippen molar-refractivity contribution in [2.75, 3.05) is 18.5 Å². The quantitative estimate of drug-likeness (QED) is 0.455. The number of aryl methyl sites for hydroxylation is 1. The molecular weight excluding hydrogens is 404 g/mol. The summed E-state index contributed by atoms with van der Waals surface area (Å²) in [5.74, 6) is -1.58. The van der Waals surface area contributed by atoms with Gasteiger partial charge in [-0.15, -0.1) is 11.3 Å². The second-order valence-electron chi connectivity index (χ2n) is 6.25. The summed E-state index contributed by atoms with van der Waals surface area (Å²) in [6.07, 6.45) is 4.54. The molecule has 7 nitrogen and oxygen atoms in total. The largest absolute Gasteiger partial charge is 0.462 e. The number of hydrogen-bond acceptors (Lipinski definition) is 7. The first-order chi connectivity index (χ1) is 14.5. The summed E-state index contributed by atoms with van der Waals surface area (Å²) in [6.45, 7) is 3.31. The third-order valence-corrected chi connectivity index (χ3v) is 5.18. The number of aromatic nitrogens is 1. The number of rotatable bonds is 7. The highest BCUT2D eigenvalue weighted by Crippen LogP contribution is 2.27. The summed E-state index contributed by atoms with van der Waals surface area (Å²) in [4.78, 5) is 40.6. The number of hydrogen-bond donors (Lipinski definition) is 1. The van der Waals surface area contributed by atoms with E-state index in [1.165, 1.54) is 6.08 Å². The van der Waals surface area contributed by atoms with Gasteiger partial charge in [-0.3, -0.25) is 9.78 Å². The van der Waals surface area contributed by atoms with Crippen molar-refractivity contribution < 1.29 is 23.9 Å². The maximum absolute atomic E-state index is 12.1. The molecule has 0 unspecified atom stereocenters. The summed E-state index contributed by atoms with van der Waals surface area (Å²) in [6, 6.07) is 11.1. The number of nitrogens with zero attached hydrogens (tertiary/aromatic N) is 1.